The summed E-state index contributed by atoms with van der Waals surface area (Å²) in [5, 5.41) is 2.29. The topological polar surface area (TPSA) is 18.5 Å². The highest BCUT2D eigenvalue weighted by Crippen LogP contribution is 2.26. The molecule has 0 radical (unpaired) electrons. The van der Waals surface area contributed by atoms with E-state index < -0.39 is 0 Å². The molecular weight excluding hydrogens is 344 g/mol. The van der Waals surface area contributed by atoms with Crippen molar-refractivity contribution in [2.75, 3.05) is 0 Å². The third-order valence-corrected chi connectivity index (χ3v) is 4.84. The van der Waals surface area contributed by atoms with E-state index in [-0.39, 0.29) is 0 Å². The predicted molar refractivity (Wildman–Crippen MR) is 115 cm³/mol. The molecule has 0 unspecified atom stereocenters. The van der Waals surface area contributed by atoms with Crippen molar-refractivity contribution in [2.45, 2.75) is 27.1 Å². The van der Waals surface area contributed by atoms with Gasteiger partial charge < -0.3 is 9.47 Å². The van der Waals surface area contributed by atoms with Crippen LogP contribution in [0.4, 0.5) is 0 Å². The molecule has 0 spiro atoms. The third-order valence-electron chi connectivity index (χ3n) is 4.84. The molecule has 2 nitrogen and oxygen atoms in total. The summed E-state index contributed by atoms with van der Waals surface area (Å²) in [5.74, 6) is 1.75. The van der Waals surface area contributed by atoms with Crippen LogP contribution in [0.25, 0.3) is 10.8 Å². The Balaban J connectivity index is 1.41. The first kappa shape index (κ1) is 18.1. The normalized spacial score (nSPS) is 10.8. The molecule has 0 aliphatic heterocycles. The van der Waals surface area contributed by atoms with E-state index in [0.717, 1.165) is 22.3 Å². The summed E-state index contributed by atoms with van der Waals surface area (Å²) in [6.07, 6.45) is 0. The van der Waals surface area contributed by atoms with Crippen molar-refractivity contribution >= 4 is 10.8 Å². The minimum absolute atomic E-state index is 0.573. The van der Waals surface area contributed by atoms with Gasteiger partial charge in [-0.3, -0.25) is 0 Å². The van der Waals surface area contributed by atoms with Crippen molar-refractivity contribution in [3.8, 4) is 11.5 Å². The van der Waals surface area contributed by atoms with E-state index in [0.29, 0.717) is 13.2 Å². The van der Waals surface area contributed by atoms with Crippen molar-refractivity contribution in [3.05, 3.63) is 107 Å². The molecule has 0 heterocycles. The van der Waals surface area contributed by atoms with Crippen molar-refractivity contribution in [3.63, 3.8) is 0 Å². The molecule has 4 rings (SSSR count). The Morgan fingerprint density at radius 1 is 0.500 bits per heavy atom. The largest absolute Gasteiger partial charge is 0.489 e. The van der Waals surface area contributed by atoms with Gasteiger partial charge in [0.05, 0.1) is 0 Å². The number of fused-ring (bicyclic) bond motifs is 1. The van der Waals surface area contributed by atoms with E-state index in [1.807, 2.05) is 12.1 Å². The highest BCUT2D eigenvalue weighted by Gasteiger charge is 2.02. The van der Waals surface area contributed by atoms with Gasteiger partial charge in [-0.1, -0.05) is 71.8 Å². The maximum atomic E-state index is 5.95. The molecule has 2 heteroatoms. The standard InChI is InChI=1S/C26H24O2/c1-19-3-7-21(8-4-19)17-27-25-13-11-24-16-26(14-12-23(24)15-25)28-18-22-9-5-20(2)6-10-22/h3-16H,17-18H2,1-2H3. The third kappa shape index (κ3) is 4.52. The quantitative estimate of drug-likeness (QED) is 0.381. The maximum Gasteiger partial charge on any atom is 0.120 e. The molecule has 0 N–H and O–H groups in total. The molecule has 0 bridgehead atoms. The van der Waals surface area contributed by atoms with E-state index in [2.05, 4.69) is 86.6 Å². The summed E-state index contributed by atoms with van der Waals surface area (Å²) >= 11 is 0. The van der Waals surface area contributed by atoms with Crippen molar-refractivity contribution in [2.24, 2.45) is 0 Å². The second-order valence-electron chi connectivity index (χ2n) is 7.22. The van der Waals surface area contributed by atoms with Gasteiger partial charge in [0, 0.05) is 0 Å². The molecule has 0 atom stereocenters. The van der Waals surface area contributed by atoms with Crippen molar-refractivity contribution < 1.29 is 9.47 Å². The second-order valence-corrected chi connectivity index (χ2v) is 7.22. The molecule has 0 aromatic heterocycles. The van der Waals surface area contributed by atoms with Crippen LogP contribution in [-0.2, 0) is 13.2 Å². The molecule has 140 valence electrons. The van der Waals surface area contributed by atoms with Gasteiger partial charge in [-0.05, 0) is 60.0 Å². The van der Waals surface area contributed by atoms with Crippen molar-refractivity contribution in [1.82, 2.24) is 0 Å². The van der Waals surface area contributed by atoms with Gasteiger partial charge in [-0.2, -0.15) is 0 Å². The highest BCUT2D eigenvalue weighted by atomic mass is 16.5. The molecule has 4 aromatic carbocycles. The molecule has 0 aliphatic carbocycles. The van der Waals surface area contributed by atoms with Crippen LogP contribution in [-0.4, -0.2) is 0 Å². The molecule has 0 amide bonds. The van der Waals surface area contributed by atoms with E-state index in [4.69, 9.17) is 9.47 Å². The Kier molecular flexibility index (Phi) is 5.29. The molecule has 28 heavy (non-hydrogen) atoms. The van der Waals surface area contributed by atoms with E-state index >= 15 is 0 Å². The first-order valence-corrected chi connectivity index (χ1v) is 9.56. The first-order valence-electron chi connectivity index (χ1n) is 9.56. The Hall–Kier alpha value is -3.26. The summed E-state index contributed by atoms with van der Waals surface area (Å²) in [5.41, 5.74) is 4.86. The van der Waals surface area contributed by atoms with Gasteiger partial charge in [0.15, 0.2) is 0 Å². The van der Waals surface area contributed by atoms with E-state index in [1.165, 1.54) is 22.3 Å². The van der Waals surface area contributed by atoms with Crippen LogP contribution in [0.15, 0.2) is 84.9 Å². The van der Waals surface area contributed by atoms with E-state index in [9.17, 15) is 0 Å². The molecule has 0 saturated carbocycles. The minimum Gasteiger partial charge on any atom is -0.489 e. The monoisotopic (exact) mass is 368 g/mol. The molecule has 0 fully saturated rings. The van der Waals surface area contributed by atoms with Gasteiger partial charge in [0.2, 0.25) is 0 Å². The van der Waals surface area contributed by atoms with Gasteiger partial charge in [-0.25, -0.2) is 0 Å². The second kappa shape index (κ2) is 8.18. The summed E-state index contributed by atoms with van der Waals surface area (Å²) in [6.45, 7) is 5.33. The zero-order valence-corrected chi connectivity index (χ0v) is 16.3. The van der Waals surface area contributed by atoms with Crippen LogP contribution in [0.5, 0.6) is 11.5 Å². The SMILES string of the molecule is Cc1ccc(COc2ccc3cc(OCc4ccc(C)cc4)ccc3c2)cc1. The maximum absolute atomic E-state index is 5.95. The van der Waals surface area contributed by atoms with Crippen LogP contribution in [0.2, 0.25) is 0 Å². The average molecular weight is 368 g/mol. The Labute approximate surface area is 166 Å². The summed E-state index contributed by atoms with van der Waals surface area (Å²) in [7, 11) is 0. The zero-order chi connectivity index (χ0) is 19.3. The lowest BCUT2D eigenvalue weighted by atomic mass is 10.1. The number of rotatable bonds is 6. The number of benzene rings is 4. The lowest BCUT2D eigenvalue weighted by Crippen LogP contribution is -1.96. The zero-order valence-electron chi connectivity index (χ0n) is 16.3. The highest BCUT2D eigenvalue weighted by molar-refractivity contribution is 5.85. The number of hydrogen-bond donors (Lipinski definition) is 0. The lowest BCUT2D eigenvalue weighted by Gasteiger charge is -2.10. The minimum atomic E-state index is 0.573. The van der Waals surface area contributed by atoms with Crippen LogP contribution in [0, 0.1) is 13.8 Å². The number of ether oxygens (including phenoxy) is 2. The molecule has 0 aliphatic rings. The summed E-state index contributed by atoms with van der Waals surface area (Å²) in [4.78, 5) is 0. The smallest absolute Gasteiger partial charge is 0.120 e. The fraction of sp³-hybridized carbons (Fsp3) is 0.154. The van der Waals surface area contributed by atoms with Crippen LogP contribution >= 0.6 is 0 Å². The van der Waals surface area contributed by atoms with Gasteiger partial charge in [0.25, 0.3) is 0 Å². The average Bonchev–Trinajstić information content (AvgIpc) is 2.73. The Bertz CT molecular complexity index is 975. The van der Waals surface area contributed by atoms with Crippen LogP contribution < -0.4 is 9.47 Å². The Morgan fingerprint density at radius 3 is 1.29 bits per heavy atom. The number of aryl methyl sites for hydroxylation is 2. The number of hydrogen-bond acceptors (Lipinski definition) is 2. The van der Waals surface area contributed by atoms with Crippen molar-refractivity contribution in [1.29, 1.82) is 0 Å². The summed E-state index contributed by atoms with van der Waals surface area (Å²) in [6, 6.07) is 29.2. The van der Waals surface area contributed by atoms with Gasteiger partial charge in [0.1, 0.15) is 24.7 Å². The van der Waals surface area contributed by atoms with Crippen LogP contribution in [0.3, 0.4) is 0 Å². The molecule has 4 aromatic rings. The first-order chi connectivity index (χ1) is 13.7. The molecule has 0 saturated heterocycles. The van der Waals surface area contributed by atoms with Gasteiger partial charge >= 0.3 is 0 Å². The van der Waals surface area contributed by atoms with Gasteiger partial charge in [-0.15, -0.1) is 0 Å². The fourth-order valence-electron chi connectivity index (χ4n) is 3.08. The lowest BCUT2D eigenvalue weighted by molar-refractivity contribution is 0.305. The predicted octanol–water partition coefficient (Wildman–Crippen LogP) is 6.61. The van der Waals surface area contributed by atoms with Crippen LogP contribution in [0.1, 0.15) is 22.3 Å². The fourth-order valence-corrected chi connectivity index (χ4v) is 3.08. The molecular formula is C26H24O2. The van der Waals surface area contributed by atoms with E-state index in [1.54, 1.807) is 0 Å². The Morgan fingerprint density at radius 2 is 0.893 bits per heavy atom. The summed E-state index contributed by atoms with van der Waals surface area (Å²) < 4.78 is 11.9.